The molecule has 1 amide bonds. The van der Waals surface area contributed by atoms with Crippen LogP contribution in [0.3, 0.4) is 0 Å². The molecule has 1 aliphatic carbocycles. The fraction of sp³-hybridized carbons (Fsp3) is 0.655. The SMILES string of the molecule is CC1C(CN2CCC(Nc3ncnc4sc(CC(F)(F)F)cc34)CC2)CCC2C1C=C(C#N)N2CC1CNC(=O)C1. The summed E-state index contributed by atoms with van der Waals surface area (Å²) in [5.41, 5.74) is 0.772. The quantitative estimate of drug-likeness (QED) is 0.490. The Balaban J connectivity index is 1.02. The number of aromatic nitrogens is 2. The standard InChI is InChI=1S/C29H36F3N7OS/c1-17-19(2-3-25-23(17)9-21(12-33)39(25)14-18-8-26(40)34-13-18)15-38-6-4-20(5-7-38)37-27-24-10-22(11-29(30,31)32)41-28(24)36-16-35-27/h9-10,16-20,23,25H,2-8,11,13-15H2,1H3,(H,34,40)(H,35,36,37). The van der Waals surface area contributed by atoms with Crippen molar-refractivity contribution >= 4 is 33.3 Å². The van der Waals surface area contributed by atoms with Crippen LogP contribution in [0.5, 0.6) is 0 Å². The number of fused-ring (bicyclic) bond motifs is 2. The monoisotopic (exact) mass is 587 g/mol. The predicted octanol–water partition coefficient (Wildman–Crippen LogP) is 4.56. The lowest BCUT2D eigenvalue weighted by atomic mass is 9.70. The molecule has 5 atom stereocenters. The summed E-state index contributed by atoms with van der Waals surface area (Å²) in [5.74, 6) is 2.39. The number of hydrogen-bond acceptors (Lipinski definition) is 8. The summed E-state index contributed by atoms with van der Waals surface area (Å²) in [6.45, 7) is 6.75. The fourth-order valence-electron chi connectivity index (χ4n) is 7.34. The Labute approximate surface area is 242 Å². The molecule has 8 nitrogen and oxygen atoms in total. The molecule has 2 aromatic rings. The number of alkyl halides is 3. The van der Waals surface area contributed by atoms with Gasteiger partial charge >= 0.3 is 6.18 Å². The maximum absolute atomic E-state index is 12.9. The Morgan fingerprint density at radius 2 is 2.00 bits per heavy atom. The molecular formula is C29H36F3N7OS. The minimum absolute atomic E-state index is 0.108. The minimum Gasteiger partial charge on any atom is -0.367 e. The summed E-state index contributed by atoms with van der Waals surface area (Å²) in [5, 5.41) is 16.9. The number of amides is 1. The van der Waals surface area contributed by atoms with Crippen LogP contribution in [0.25, 0.3) is 10.2 Å². The normalized spacial score (nSPS) is 29.3. The lowest BCUT2D eigenvalue weighted by Gasteiger charge is -2.44. The molecule has 1 saturated carbocycles. The van der Waals surface area contributed by atoms with Crippen molar-refractivity contribution in [2.24, 2.45) is 23.7 Å². The average molecular weight is 588 g/mol. The maximum atomic E-state index is 12.9. The Morgan fingerprint density at radius 1 is 1.20 bits per heavy atom. The molecule has 6 rings (SSSR count). The Morgan fingerprint density at radius 3 is 2.71 bits per heavy atom. The van der Waals surface area contributed by atoms with Crippen molar-refractivity contribution in [2.75, 3.05) is 38.0 Å². The van der Waals surface area contributed by atoms with Crippen molar-refractivity contribution < 1.29 is 18.0 Å². The lowest BCUT2D eigenvalue weighted by molar-refractivity contribution is -0.126. The zero-order valence-corrected chi connectivity index (χ0v) is 24.0. The van der Waals surface area contributed by atoms with Crippen LogP contribution < -0.4 is 10.6 Å². The molecule has 2 aromatic heterocycles. The number of nitrogens with zero attached hydrogens (tertiary/aromatic N) is 5. The summed E-state index contributed by atoms with van der Waals surface area (Å²) >= 11 is 1.08. The van der Waals surface area contributed by atoms with Crippen molar-refractivity contribution in [2.45, 2.75) is 63.7 Å². The highest BCUT2D eigenvalue weighted by Crippen LogP contribution is 2.44. The van der Waals surface area contributed by atoms with Gasteiger partial charge in [0.15, 0.2) is 0 Å². The van der Waals surface area contributed by atoms with Gasteiger partial charge < -0.3 is 20.4 Å². The number of halogens is 3. The number of hydrogen-bond donors (Lipinski definition) is 2. The smallest absolute Gasteiger partial charge is 0.367 e. The molecule has 2 saturated heterocycles. The molecule has 3 fully saturated rings. The van der Waals surface area contributed by atoms with Gasteiger partial charge in [-0.15, -0.1) is 11.3 Å². The number of carbonyl (C=O) groups is 1. The predicted molar refractivity (Wildman–Crippen MR) is 151 cm³/mol. The Bertz CT molecular complexity index is 1350. The first-order valence-corrected chi connectivity index (χ1v) is 15.4. The van der Waals surface area contributed by atoms with Crippen LogP contribution in [0.15, 0.2) is 24.2 Å². The Hall–Kier alpha value is -2.91. The van der Waals surface area contributed by atoms with E-state index in [1.54, 1.807) is 6.07 Å². The maximum Gasteiger partial charge on any atom is 0.393 e. The first kappa shape index (κ1) is 28.2. The topological polar surface area (TPSA) is 97.2 Å². The molecule has 12 heteroatoms. The molecule has 4 aliphatic rings. The van der Waals surface area contributed by atoms with Crippen molar-refractivity contribution in [1.82, 2.24) is 25.1 Å². The number of nitrogens with one attached hydrogen (secondary N) is 2. The molecule has 2 N–H and O–H groups in total. The van der Waals surface area contributed by atoms with Gasteiger partial charge in [0, 0.05) is 67.9 Å². The average Bonchev–Trinajstić information content (AvgIpc) is 3.63. The van der Waals surface area contributed by atoms with E-state index < -0.39 is 12.6 Å². The number of allylic oxidation sites excluding steroid dienone is 1. The van der Waals surface area contributed by atoms with Crippen molar-refractivity contribution in [3.05, 3.63) is 29.0 Å². The van der Waals surface area contributed by atoms with Crippen LogP contribution in [-0.4, -0.2) is 76.7 Å². The number of carbonyl (C=O) groups excluding carboxylic acids is 1. The third-order valence-electron chi connectivity index (χ3n) is 9.50. The zero-order chi connectivity index (χ0) is 28.7. The summed E-state index contributed by atoms with van der Waals surface area (Å²) in [7, 11) is 0. The number of thiophene rings is 1. The van der Waals surface area contributed by atoms with E-state index in [2.05, 4.69) is 49.5 Å². The summed E-state index contributed by atoms with van der Waals surface area (Å²) in [6.07, 6.45) is 3.04. The highest BCUT2D eigenvalue weighted by molar-refractivity contribution is 7.18. The first-order valence-electron chi connectivity index (χ1n) is 14.6. The molecule has 220 valence electrons. The number of piperidine rings is 1. The zero-order valence-electron chi connectivity index (χ0n) is 23.2. The van der Waals surface area contributed by atoms with Gasteiger partial charge in [0.05, 0.1) is 11.8 Å². The van der Waals surface area contributed by atoms with Gasteiger partial charge in [0.1, 0.15) is 28.7 Å². The Kier molecular flexibility index (Phi) is 7.85. The van der Waals surface area contributed by atoms with Crippen LogP contribution in [0.4, 0.5) is 19.0 Å². The van der Waals surface area contributed by atoms with Crippen LogP contribution in [0.1, 0.15) is 43.9 Å². The third kappa shape index (κ3) is 6.16. The molecule has 0 bridgehead atoms. The highest BCUT2D eigenvalue weighted by Gasteiger charge is 2.44. The molecule has 0 radical (unpaired) electrons. The molecule has 41 heavy (non-hydrogen) atoms. The second kappa shape index (κ2) is 11.4. The number of rotatable bonds is 7. The molecular weight excluding hydrogens is 551 g/mol. The molecule has 0 aromatic carbocycles. The van der Waals surface area contributed by atoms with E-state index in [-0.39, 0.29) is 22.7 Å². The van der Waals surface area contributed by atoms with Gasteiger partial charge in [-0.25, -0.2) is 9.97 Å². The van der Waals surface area contributed by atoms with Crippen molar-refractivity contribution in [3.8, 4) is 6.07 Å². The minimum atomic E-state index is -4.24. The van der Waals surface area contributed by atoms with Gasteiger partial charge in [-0.3, -0.25) is 4.79 Å². The van der Waals surface area contributed by atoms with Crippen LogP contribution in [0.2, 0.25) is 0 Å². The third-order valence-corrected chi connectivity index (χ3v) is 10.5. The van der Waals surface area contributed by atoms with Gasteiger partial charge in [0.25, 0.3) is 0 Å². The summed E-state index contributed by atoms with van der Waals surface area (Å²) < 4.78 is 38.7. The van der Waals surface area contributed by atoms with Crippen LogP contribution in [0, 0.1) is 35.0 Å². The van der Waals surface area contributed by atoms with Crippen LogP contribution in [-0.2, 0) is 11.2 Å². The molecule has 0 spiro atoms. The molecule has 5 unspecified atom stereocenters. The highest BCUT2D eigenvalue weighted by atomic mass is 32.1. The van der Waals surface area contributed by atoms with Crippen molar-refractivity contribution in [3.63, 3.8) is 0 Å². The lowest BCUT2D eigenvalue weighted by Crippen LogP contribution is -2.47. The largest absolute Gasteiger partial charge is 0.393 e. The van der Waals surface area contributed by atoms with E-state index in [1.165, 1.54) is 6.33 Å². The van der Waals surface area contributed by atoms with E-state index in [9.17, 15) is 23.2 Å². The summed E-state index contributed by atoms with van der Waals surface area (Å²) in [6, 6.07) is 4.56. The van der Waals surface area contributed by atoms with E-state index in [0.29, 0.717) is 52.8 Å². The van der Waals surface area contributed by atoms with Gasteiger partial charge in [0.2, 0.25) is 5.91 Å². The van der Waals surface area contributed by atoms with Gasteiger partial charge in [-0.1, -0.05) is 6.92 Å². The van der Waals surface area contributed by atoms with E-state index in [0.717, 1.165) is 68.9 Å². The van der Waals surface area contributed by atoms with E-state index in [1.807, 2.05) is 0 Å². The number of anilines is 1. The number of nitriles is 1. The van der Waals surface area contributed by atoms with Crippen LogP contribution >= 0.6 is 11.3 Å². The fourth-order valence-corrected chi connectivity index (χ4v) is 8.37. The molecule has 5 heterocycles. The summed E-state index contributed by atoms with van der Waals surface area (Å²) in [4.78, 5) is 25.9. The van der Waals surface area contributed by atoms with E-state index >= 15 is 0 Å². The van der Waals surface area contributed by atoms with Gasteiger partial charge in [-0.2, -0.15) is 18.4 Å². The van der Waals surface area contributed by atoms with E-state index in [4.69, 9.17) is 0 Å². The first-order chi connectivity index (χ1) is 19.7. The molecule has 3 aliphatic heterocycles. The number of likely N-dealkylation sites (tertiary alicyclic amines) is 1. The second-order valence-corrected chi connectivity index (χ2v) is 13.3. The second-order valence-electron chi connectivity index (χ2n) is 12.2. The van der Waals surface area contributed by atoms with Crippen molar-refractivity contribution in [1.29, 1.82) is 5.26 Å². The van der Waals surface area contributed by atoms with Gasteiger partial charge in [-0.05, 0) is 49.7 Å².